The summed E-state index contributed by atoms with van der Waals surface area (Å²) in [7, 11) is 0. The molecular weight excluding hydrogens is 397 g/mol. The summed E-state index contributed by atoms with van der Waals surface area (Å²) >= 11 is 0.916. The minimum Gasteiger partial charge on any atom is -0.366 e. The summed E-state index contributed by atoms with van der Waals surface area (Å²) in [6.45, 7) is 3.95. The van der Waals surface area contributed by atoms with E-state index in [4.69, 9.17) is 0 Å². The number of carbonyl (C=O) groups excluding carboxylic acids is 1. The van der Waals surface area contributed by atoms with Gasteiger partial charge in [0.25, 0.3) is 11.5 Å². The second-order valence-corrected chi connectivity index (χ2v) is 7.63. The molecule has 0 atom stereocenters. The Balaban J connectivity index is 1.57. The Labute approximate surface area is 169 Å². The van der Waals surface area contributed by atoms with Gasteiger partial charge in [0, 0.05) is 32.7 Å². The van der Waals surface area contributed by atoms with Crippen LogP contribution in [0, 0.1) is 5.82 Å². The third kappa shape index (κ3) is 3.44. The number of H-pyrrole nitrogens is 1. The maximum absolute atomic E-state index is 14.0. The molecule has 1 amide bonds. The number of aromatic amines is 1. The number of rotatable bonds is 4. The zero-order chi connectivity index (χ0) is 20.5. The molecule has 0 bridgehead atoms. The van der Waals surface area contributed by atoms with Gasteiger partial charge in [-0.3, -0.25) is 14.2 Å². The summed E-state index contributed by atoms with van der Waals surface area (Å²) in [4.78, 5) is 44.2. The van der Waals surface area contributed by atoms with Crippen molar-refractivity contribution in [1.82, 2.24) is 18.8 Å². The van der Waals surface area contributed by atoms with Gasteiger partial charge in [-0.1, -0.05) is 19.1 Å². The minimum absolute atomic E-state index is 0.108. The van der Waals surface area contributed by atoms with E-state index in [2.05, 4.69) is 9.36 Å². The number of nitrogens with zero attached hydrogens (tertiary/aromatic N) is 4. The Kier molecular flexibility index (Phi) is 5.18. The molecule has 2 aromatic heterocycles. The molecule has 1 fully saturated rings. The molecular formula is C19H20FN5O3S. The number of fused-ring (bicyclic) bond motifs is 1. The molecule has 1 aromatic carbocycles. The largest absolute Gasteiger partial charge is 0.366 e. The normalized spacial score (nSPS) is 14.6. The van der Waals surface area contributed by atoms with Crippen molar-refractivity contribution in [2.24, 2.45) is 0 Å². The van der Waals surface area contributed by atoms with Gasteiger partial charge in [0.05, 0.1) is 11.2 Å². The summed E-state index contributed by atoms with van der Waals surface area (Å²) < 4.78 is 19.2. The van der Waals surface area contributed by atoms with Crippen molar-refractivity contribution >= 4 is 34.2 Å². The summed E-state index contributed by atoms with van der Waals surface area (Å²) in [5.74, 6) is -0.573. The Hall–Kier alpha value is -3.01. The molecule has 3 aromatic rings. The van der Waals surface area contributed by atoms with Crippen molar-refractivity contribution in [2.75, 3.05) is 31.1 Å². The van der Waals surface area contributed by atoms with Crippen LogP contribution in [-0.4, -0.2) is 50.9 Å². The molecule has 1 aliphatic rings. The van der Waals surface area contributed by atoms with E-state index in [1.165, 1.54) is 6.07 Å². The molecule has 0 unspecified atom stereocenters. The van der Waals surface area contributed by atoms with Gasteiger partial charge in [-0.25, -0.2) is 9.18 Å². The molecule has 0 aliphatic carbocycles. The molecule has 29 heavy (non-hydrogen) atoms. The molecule has 8 nitrogen and oxygen atoms in total. The fourth-order valence-corrected chi connectivity index (χ4v) is 4.32. The Bertz CT molecular complexity index is 1180. The van der Waals surface area contributed by atoms with Crippen molar-refractivity contribution in [3.8, 4) is 0 Å². The maximum Gasteiger partial charge on any atom is 0.328 e. The van der Waals surface area contributed by atoms with E-state index in [0.29, 0.717) is 44.8 Å². The number of hydrogen-bond donors (Lipinski definition) is 1. The number of hydrogen-bond acceptors (Lipinski definition) is 6. The van der Waals surface area contributed by atoms with Crippen molar-refractivity contribution in [3.05, 3.63) is 55.8 Å². The van der Waals surface area contributed by atoms with Crippen LogP contribution in [0.15, 0.2) is 33.9 Å². The third-order valence-corrected chi connectivity index (χ3v) is 5.85. The van der Waals surface area contributed by atoms with Gasteiger partial charge < -0.3 is 14.8 Å². The molecule has 1 aliphatic heterocycles. The first-order chi connectivity index (χ1) is 14.0. The van der Waals surface area contributed by atoms with Crippen LogP contribution in [0.25, 0.3) is 11.0 Å². The first-order valence-corrected chi connectivity index (χ1v) is 10.2. The molecule has 1 N–H and O–H groups in total. The van der Waals surface area contributed by atoms with E-state index in [1.807, 2.05) is 11.8 Å². The molecule has 10 heteroatoms. The average Bonchev–Trinajstić information content (AvgIpc) is 3.15. The van der Waals surface area contributed by atoms with Crippen molar-refractivity contribution < 1.29 is 9.18 Å². The van der Waals surface area contributed by atoms with Crippen molar-refractivity contribution in [3.63, 3.8) is 0 Å². The van der Waals surface area contributed by atoms with Crippen LogP contribution < -0.4 is 16.1 Å². The number of amides is 1. The lowest BCUT2D eigenvalue weighted by Crippen LogP contribution is -2.49. The van der Waals surface area contributed by atoms with E-state index in [1.54, 1.807) is 23.1 Å². The van der Waals surface area contributed by atoms with Crippen molar-refractivity contribution in [2.45, 2.75) is 19.9 Å². The minimum atomic E-state index is -0.539. The van der Waals surface area contributed by atoms with E-state index >= 15 is 0 Å². The Morgan fingerprint density at radius 3 is 2.62 bits per heavy atom. The van der Waals surface area contributed by atoms with E-state index < -0.39 is 11.2 Å². The topological polar surface area (TPSA) is 91.3 Å². The molecule has 152 valence electrons. The quantitative estimate of drug-likeness (QED) is 0.697. The van der Waals surface area contributed by atoms with Gasteiger partial charge >= 0.3 is 5.69 Å². The number of halogens is 1. The van der Waals surface area contributed by atoms with Gasteiger partial charge in [-0.15, -0.1) is 0 Å². The van der Waals surface area contributed by atoms with Crippen LogP contribution in [0.2, 0.25) is 0 Å². The van der Waals surface area contributed by atoms with Gasteiger partial charge in [0.15, 0.2) is 5.52 Å². The molecule has 0 saturated carbocycles. The predicted molar refractivity (Wildman–Crippen MR) is 109 cm³/mol. The number of carbonyl (C=O) groups is 1. The molecule has 1 saturated heterocycles. The zero-order valence-electron chi connectivity index (χ0n) is 15.9. The molecule has 0 radical (unpaired) electrons. The fourth-order valence-electron chi connectivity index (χ4n) is 3.52. The monoisotopic (exact) mass is 417 g/mol. The second kappa shape index (κ2) is 7.78. The van der Waals surface area contributed by atoms with E-state index in [0.717, 1.165) is 16.1 Å². The van der Waals surface area contributed by atoms with Gasteiger partial charge in [0.1, 0.15) is 10.7 Å². The molecule has 3 heterocycles. The smallest absolute Gasteiger partial charge is 0.328 e. The Morgan fingerprint density at radius 1 is 1.21 bits per heavy atom. The highest BCUT2D eigenvalue weighted by Crippen LogP contribution is 2.23. The SMILES string of the molecule is CCCn1c(=O)[nH]c2c(C(=O)N3CCN(c4ccccc4F)CC3)snc2c1=O. The zero-order valence-corrected chi connectivity index (χ0v) is 16.7. The lowest BCUT2D eigenvalue weighted by Gasteiger charge is -2.36. The fraction of sp³-hybridized carbons (Fsp3) is 0.368. The van der Waals surface area contributed by atoms with Crippen LogP contribution in [0.3, 0.4) is 0 Å². The Morgan fingerprint density at radius 2 is 1.93 bits per heavy atom. The number of anilines is 1. The summed E-state index contributed by atoms with van der Waals surface area (Å²) in [6.07, 6.45) is 0.636. The van der Waals surface area contributed by atoms with Gasteiger partial charge in [-0.05, 0) is 30.1 Å². The third-order valence-electron chi connectivity index (χ3n) is 5.02. The number of aromatic nitrogens is 3. The van der Waals surface area contributed by atoms with Crippen LogP contribution in [0.4, 0.5) is 10.1 Å². The highest BCUT2D eigenvalue weighted by Gasteiger charge is 2.27. The van der Waals surface area contributed by atoms with E-state index in [9.17, 15) is 18.8 Å². The first kappa shape index (κ1) is 19.3. The summed E-state index contributed by atoms with van der Waals surface area (Å²) in [5, 5.41) is 0. The highest BCUT2D eigenvalue weighted by molar-refractivity contribution is 7.09. The molecule has 4 rings (SSSR count). The number of piperazine rings is 1. The van der Waals surface area contributed by atoms with Crippen LogP contribution in [-0.2, 0) is 6.54 Å². The van der Waals surface area contributed by atoms with E-state index in [-0.39, 0.29) is 27.6 Å². The predicted octanol–water partition coefficient (Wildman–Crippen LogP) is 1.66. The standard InChI is InChI=1S/C19H20FN5O3S/c1-2-7-25-17(26)15-14(21-19(25)28)16(29-22-15)18(27)24-10-8-23(9-11-24)13-6-4-3-5-12(13)20/h3-6H,2,7-11H2,1H3,(H,21,28). The van der Waals surface area contributed by atoms with Crippen molar-refractivity contribution in [1.29, 1.82) is 0 Å². The summed E-state index contributed by atoms with van der Waals surface area (Å²) in [6, 6.07) is 6.55. The average molecular weight is 417 g/mol. The highest BCUT2D eigenvalue weighted by atomic mass is 32.1. The lowest BCUT2D eigenvalue weighted by molar-refractivity contribution is 0.0753. The summed E-state index contributed by atoms with van der Waals surface area (Å²) in [5.41, 5.74) is -0.202. The van der Waals surface area contributed by atoms with Gasteiger partial charge in [-0.2, -0.15) is 4.37 Å². The van der Waals surface area contributed by atoms with Crippen LogP contribution >= 0.6 is 11.5 Å². The number of para-hydroxylation sites is 1. The molecule has 0 spiro atoms. The maximum atomic E-state index is 14.0. The van der Waals surface area contributed by atoms with Crippen LogP contribution in [0.5, 0.6) is 0 Å². The van der Waals surface area contributed by atoms with Gasteiger partial charge in [0.2, 0.25) is 0 Å². The second-order valence-electron chi connectivity index (χ2n) is 6.85. The lowest BCUT2D eigenvalue weighted by atomic mass is 10.2. The number of nitrogens with one attached hydrogen (secondary N) is 1. The number of benzene rings is 1. The van der Waals surface area contributed by atoms with Crippen LogP contribution in [0.1, 0.15) is 23.0 Å². The first-order valence-electron chi connectivity index (χ1n) is 9.42.